The maximum absolute atomic E-state index is 11.6. The van der Waals surface area contributed by atoms with Gasteiger partial charge in [0.1, 0.15) is 17.2 Å². The smallest absolute Gasteiger partial charge is 0.496 e. The van der Waals surface area contributed by atoms with Gasteiger partial charge in [-0.05, 0) is 36.8 Å². The number of rotatable bonds is 6. The lowest BCUT2D eigenvalue weighted by molar-refractivity contribution is 0.0999. The molecule has 0 amide bonds. The molecule has 2 aromatic carbocycles. The Labute approximate surface area is 135 Å². The molecule has 0 aliphatic heterocycles. The van der Waals surface area contributed by atoms with Crippen LogP contribution in [0.3, 0.4) is 0 Å². The molecule has 5 heteroatoms. The van der Waals surface area contributed by atoms with E-state index in [0.717, 1.165) is 22.6 Å². The second kappa shape index (κ2) is 8.08. The van der Waals surface area contributed by atoms with Crippen molar-refractivity contribution in [2.45, 2.75) is 13.3 Å². The zero-order chi connectivity index (χ0) is 16.7. The first-order chi connectivity index (χ1) is 11.1. The highest BCUT2D eigenvalue weighted by atomic mass is 16.7. The van der Waals surface area contributed by atoms with Crippen molar-refractivity contribution in [1.29, 1.82) is 0 Å². The van der Waals surface area contributed by atoms with Crippen LogP contribution in [-0.2, 0) is 11.2 Å². The fourth-order valence-corrected chi connectivity index (χ4v) is 2.17. The average Bonchev–Trinajstić information content (AvgIpc) is 2.56. The van der Waals surface area contributed by atoms with E-state index in [4.69, 9.17) is 18.9 Å². The van der Waals surface area contributed by atoms with E-state index in [1.807, 2.05) is 25.1 Å². The minimum absolute atomic E-state index is 0.189. The highest BCUT2D eigenvalue weighted by Crippen LogP contribution is 2.28. The molecule has 0 radical (unpaired) electrons. The Morgan fingerprint density at radius 2 is 1.70 bits per heavy atom. The van der Waals surface area contributed by atoms with Gasteiger partial charge in [0.25, 0.3) is 0 Å². The third kappa shape index (κ3) is 4.64. The molecule has 0 atom stereocenters. The Bertz CT molecular complexity index is 652. The Balaban J connectivity index is 1.92. The predicted molar refractivity (Wildman–Crippen MR) is 86.4 cm³/mol. The Morgan fingerprint density at radius 3 is 2.35 bits per heavy atom. The van der Waals surface area contributed by atoms with Crippen molar-refractivity contribution in [1.82, 2.24) is 0 Å². The molecular weight excluding hydrogens is 296 g/mol. The van der Waals surface area contributed by atoms with E-state index in [1.165, 1.54) is 0 Å². The lowest BCUT2D eigenvalue weighted by atomic mass is 10.1. The maximum atomic E-state index is 11.6. The molecular formula is C18H20O5. The lowest BCUT2D eigenvalue weighted by Gasteiger charge is -2.13. The second-order valence-corrected chi connectivity index (χ2v) is 4.90. The van der Waals surface area contributed by atoms with Crippen molar-refractivity contribution in [2.75, 3.05) is 20.8 Å². The highest BCUT2D eigenvalue weighted by molar-refractivity contribution is 5.63. The number of carbonyl (C=O) groups excluding carboxylic acids is 1. The molecule has 5 nitrogen and oxygen atoms in total. The summed E-state index contributed by atoms with van der Waals surface area (Å²) >= 11 is 0. The van der Waals surface area contributed by atoms with E-state index in [9.17, 15) is 4.79 Å². The molecule has 2 rings (SSSR count). The first-order valence-electron chi connectivity index (χ1n) is 7.25. The number of hydrogen-bond donors (Lipinski definition) is 0. The summed E-state index contributed by atoms with van der Waals surface area (Å²) in [4.78, 5) is 11.6. The topological polar surface area (TPSA) is 54.0 Å². The molecule has 0 aliphatic rings. The van der Waals surface area contributed by atoms with Gasteiger partial charge in [0, 0.05) is 12.0 Å². The summed E-state index contributed by atoms with van der Waals surface area (Å²) in [5.74, 6) is 1.96. The monoisotopic (exact) mass is 316 g/mol. The fraction of sp³-hybridized carbons (Fsp3) is 0.278. The van der Waals surface area contributed by atoms with Crippen molar-refractivity contribution in [3.8, 4) is 17.2 Å². The summed E-state index contributed by atoms with van der Waals surface area (Å²) in [7, 11) is 3.22. The van der Waals surface area contributed by atoms with Gasteiger partial charge in [-0.1, -0.05) is 18.2 Å². The molecule has 0 unspecified atom stereocenters. The number of para-hydroxylation sites is 1. The molecule has 0 spiro atoms. The van der Waals surface area contributed by atoms with Crippen LogP contribution in [0.15, 0.2) is 42.5 Å². The minimum atomic E-state index is -0.728. The third-order valence-electron chi connectivity index (χ3n) is 3.33. The van der Waals surface area contributed by atoms with Crippen LogP contribution in [0.5, 0.6) is 17.2 Å². The number of aryl methyl sites for hydroxylation is 1. The van der Waals surface area contributed by atoms with Crippen LogP contribution in [0, 0.1) is 6.92 Å². The summed E-state index contributed by atoms with van der Waals surface area (Å²) in [6.07, 6.45) is -0.224. The molecule has 0 N–H and O–H groups in total. The molecule has 0 saturated heterocycles. The molecule has 0 aliphatic carbocycles. The van der Waals surface area contributed by atoms with Gasteiger partial charge in [0.05, 0.1) is 20.8 Å². The quantitative estimate of drug-likeness (QED) is 0.600. The number of methoxy groups -OCH3 is 2. The number of hydrogen-bond acceptors (Lipinski definition) is 5. The van der Waals surface area contributed by atoms with Crippen LogP contribution >= 0.6 is 0 Å². The van der Waals surface area contributed by atoms with Gasteiger partial charge in [-0.15, -0.1) is 0 Å². The van der Waals surface area contributed by atoms with E-state index >= 15 is 0 Å². The number of benzene rings is 2. The maximum Gasteiger partial charge on any atom is 0.513 e. The minimum Gasteiger partial charge on any atom is -0.496 e. The van der Waals surface area contributed by atoms with Crippen molar-refractivity contribution >= 4 is 6.16 Å². The zero-order valence-corrected chi connectivity index (χ0v) is 13.5. The van der Waals surface area contributed by atoms with Gasteiger partial charge in [-0.25, -0.2) is 4.79 Å². The van der Waals surface area contributed by atoms with Crippen molar-refractivity contribution in [3.05, 3.63) is 53.6 Å². The van der Waals surface area contributed by atoms with E-state index in [0.29, 0.717) is 12.2 Å². The molecule has 23 heavy (non-hydrogen) atoms. The highest BCUT2D eigenvalue weighted by Gasteiger charge is 2.11. The van der Waals surface area contributed by atoms with E-state index in [1.54, 1.807) is 38.5 Å². The molecule has 0 fully saturated rings. The molecule has 0 bridgehead atoms. The van der Waals surface area contributed by atoms with Gasteiger partial charge in [-0.2, -0.15) is 0 Å². The van der Waals surface area contributed by atoms with Gasteiger partial charge in [0.15, 0.2) is 0 Å². The van der Waals surface area contributed by atoms with Gasteiger partial charge in [-0.3, -0.25) is 0 Å². The molecule has 0 aromatic heterocycles. The van der Waals surface area contributed by atoms with Crippen molar-refractivity contribution < 1.29 is 23.7 Å². The summed E-state index contributed by atoms with van der Waals surface area (Å²) in [6.45, 7) is 2.13. The first kappa shape index (κ1) is 16.7. The molecule has 0 heterocycles. The lowest BCUT2D eigenvalue weighted by Crippen LogP contribution is -2.13. The SMILES string of the molecule is COc1cc(CCOC(=O)Oc2ccccc2)c(OC)cc1C. The fourth-order valence-electron chi connectivity index (χ4n) is 2.17. The Morgan fingerprint density at radius 1 is 1.00 bits per heavy atom. The first-order valence-corrected chi connectivity index (χ1v) is 7.25. The summed E-state index contributed by atoms with van der Waals surface area (Å²) in [6, 6.07) is 12.6. The van der Waals surface area contributed by atoms with Crippen LogP contribution in [0.2, 0.25) is 0 Å². The predicted octanol–water partition coefficient (Wildman–Crippen LogP) is 3.77. The van der Waals surface area contributed by atoms with Crippen molar-refractivity contribution in [3.63, 3.8) is 0 Å². The number of carbonyl (C=O) groups is 1. The normalized spacial score (nSPS) is 10.0. The van der Waals surface area contributed by atoms with E-state index < -0.39 is 6.16 Å². The Kier molecular flexibility index (Phi) is 5.86. The van der Waals surface area contributed by atoms with Crippen LogP contribution in [0.1, 0.15) is 11.1 Å². The van der Waals surface area contributed by atoms with Crippen LogP contribution in [0.4, 0.5) is 4.79 Å². The van der Waals surface area contributed by atoms with Gasteiger partial charge < -0.3 is 18.9 Å². The van der Waals surface area contributed by atoms with Crippen LogP contribution < -0.4 is 14.2 Å². The van der Waals surface area contributed by atoms with E-state index in [-0.39, 0.29) is 6.61 Å². The summed E-state index contributed by atoms with van der Waals surface area (Å²) < 4.78 is 20.8. The molecule has 0 saturated carbocycles. The van der Waals surface area contributed by atoms with Gasteiger partial charge >= 0.3 is 6.16 Å². The largest absolute Gasteiger partial charge is 0.513 e. The van der Waals surface area contributed by atoms with Crippen molar-refractivity contribution in [2.24, 2.45) is 0 Å². The van der Waals surface area contributed by atoms with Crippen LogP contribution in [0.25, 0.3) is 0 Å². The summed E-state index contributed by atoms with van der Waals surface area (Å²) in [5.41, 5.74) is 1.89. The van der Waals surface area contributed by atoms with E-state index in [2.05, 4.69) is 0 Å². The Hall–Kier alpha value is -2.69. The molecule has 122 valence electrons. The van der Waals surface area contributed by atoms with Gasteiger partial charge in [0.2, 0.25) is 0 Å². The standard InChI is InChI=1S/C18H20O5/c1-13-11-17(21-3)14(12-16(13)20-2)9-10-22-18(19)23-15-7-5-4-6-8-15/h4-8,11-12H,9-10H2,1-3H3. The van der Waals surface area contributed by atoms with Crippen LogP contribution in [-0.4, -0.2) is 27.0 Å². The third-order valence-corrected chi connectivity index (χ3v) is 3.33. The number of ether oxygens (including phenoxy) is 4. The zero-order valence-electron chi connectivity index (χ0n) is 13.5. The second-order valence-electron chi connectivity index (χ2n) is 4.90. The molecule has 2 aromatic rings. The summed E-state index contributed by atoms with van der Waals surface area (Å²) in [5, 5.41) is 0. The average molecular weight is 316 g/mol.